The smallest absolute Gasteiger partial charge is 0.187 e. The lowest BCUT2D eigenvalue weighted by molar-refractivity contribution is -0.121. The highest BCUT2D eigenvalue weighted by Gasteiger charge is 2.49. The van der Waals surface area contributed by atoms with Crippen LogP contribution in [0.15, 0.2) is 65.1 Å². The summed E-state index contributed by atoms with van der Waals surface area (Å²) in [5.74, 6) is 11.3. The van der Waals surface area contributed by atoms with Crippen LogP contribution in [-0.4, -0.2) is 45.5 Å². The van der Waals surface area contributed by atoms with Crippen molar-refractivity contribution in [3.8, 4) is 35.4 Å². The van der Waals surface area contributed by atoms with Crippen molar-refractivity contribution in [2.24, 2.45) is 22.1 Å². The number of aliphatic hydroxyl groups excluding tert-OH is 2. The molecule has 9 heteroatoms. The molecule has 284 valence electrons. The fraction of sp³-hybridized carbons (Fsp3) is 0.478. The Hall–Kier alpha value is -4.80. The second-order valence-electron chi connectivity index (χ2n) is 16.4. The summed E-state index contributed by atoms with van der Waals surface area (Å²) in [5.41, 5.74) is 15.6. The van der Waals surface area contributed by atoms with Crippen LogP contribution in [0, 0.1) is 35.2 Å². The number of hydrogen-bond acceptors (Lipinski definition) is 9. The van der Waals surface area contributed by atoms with Crippen LogP contribution in [0.5, 0.6) is 11.5 Å². The van der Waals surface area contributed by atoms with Gasteiger partial charge in [-0.15, -0.1) is 0 Å². The van der Waals surface area contributed by atoms with E-state index in [4.69, 9.17) is 20.2 Å². The summed E-state index contributed by atoms with van der Waals surface area (Å²) >= 11 is 0. The number of ketones is 1. The van der Waals surface area contributed by atoms with Gasteiger partial charge in [0.15, 0.2) is 17.7 Å². The highest BCUT2D eigenvalue weighted by Crippen LogP contribution is 2.53. The quantitative estimate of drug-likeness (QED) is 0.163. The number of fused-ring (bicyclic) bond motifs is 6. The summed E-state index contributed by atoms with van der Waals surface area (Å²) in [6, 6.07) is 9.86. The lowest BCUT2D eigenvalue weighted by Gasteiger charge is -2.39. The van der Waals surface area contributed by atoms with Crippen LogP contribution in [0.1, 0.15) is 130 Å². The second kappa shape index (κ2) is 14.7. The largest absolute Gasteiger partial charge is 0.465 e. The van der Waals surface area contributed by atoms with Crippen LogP contribution >= 0.6 is 0 Å². The zero-order valence-corrected chi connectivity index (χ0v) is 31.6. The van der Waals surface area contributed by atoms with Crippen LogP contribution in [0.25, 0.3) is 5.57 Å². The molecule has 55 heavy (non-hydrogen) atoms. The number of Topliss-reactive ketones (excluding diaryl/α,β-unsaturated/α-hetero) is 1. The van der Waals surface area contributed by atoms with Crippen molar-refractivity contribution in [1.29, 1.82) is 0 Å². The van der Waals surface area contributed by atoms with Gasteiger partial charge in [0.1, 0.15) is 24.2 Å². The number of carbonyl (C=O) groups is 1. The number of nitrogens with one attached hydrogen (secondary N) is 1. The van der Waals surface area contributed by atoms with E-state index in [0.717, 1.165) is 102 Å². The van der Waals surface area contributed by atoms with E-state index in [1.54, 1.807) is 0 Å². The molecule has 2 bridgehead atoms. The molecule has 6 unspecified atom stereocenters. The van der Waals surface area contributed by atoms with Gasteiger partial charge in [-0.1, -0.05) is 75.0 Å². The van der Waals surface area contributed by atoms with Crippen LogP contribution in [0.4, 0.5) is 0 Å². The Kier molecular flexibility index (Phi) is 9.58. The number of aliphatic hydroxyl groups is 2. The van der Waals surface area contributed by atoms with Crippen molar-refractivity contribution >= 4 is 17.1 Å². The molecule has 1 saturated carbocycles. The Morgan fingerprint density at radius 1 is 1.15 bits per heavy atom. The number of benzene rings is 2. The molecule has 6 atom stereocenters. The number of nitrogens with two attached hydrogens (primary N) is 1. The van der Waals surface area contributed by atoms with E-state index in [-0.39, 0.29) is 24.3 Å². The SMILES string of the molecule is CCCCCC(O)CC(=O)CCc1ccc2c(c1)OC1C(C#CC(O)c3ccc4c5c3C(CCC5=CNC4N)C3=CN=C4CN1C=C34)C1(C#CO2)CCCC1. The fourth-order valence-electron chi connectivity index (χ4n) is 9.90. The molecule has 0 saturated heterocycles. The Morgan fingerprint density at radius 3 is 2.85 bits per heavy atom. The number of unbranched alkanes of at least 4 members (excludes halogenated alkanes) is 2. The molecule has 5 aliphatic heterocycles. The van der Waals surface area contributed by atoms with E-state index >= 15 is 0 Å². The molecule has 0 radical (unpaired) electrons. The van der Waals surface area contributed by atoms with Crippen LogP contribution in [0.2, 0.25) is 0 Å². The second-order valence-corrected chi connectivity index (χ2v) is 16.4. The van der Waals surface area contributed by atoms with Crippen molar-refractivity contribution in [2.45, 2.75) is 121 Å². The number of ether oxygens (including phenoxy) is 2. The summed E-state index contributed by atoms with van der Waals surface area (Å²) in [5, 5.41) is 25.9. The maximum atomic E-state index is 12.9. The van der Waals surface area contributed by atoms with Gasteiger partial charge in [0, 0.05) is 42.9 Å². The molecule has 2 aromatic rings. The van der Waals surface area contributed by atoms with Crippen molar-refractivity contribution < 1.29 is 24.5 Å². The average molecular weight is 739 g/mol. The van der Waals surface area contributed by atoms with E-state index in [1.807, 2.05) is 42.7 Å². The van der Waals surface area contributed by atoms with Gasteiger partial charge in [-0.2, -0.15) is 0 Å². The zero-order chi connectivity index (χ0) is 37.7. The molecule has 9 nitrogen and oxygen atoms in total. The molecule has 7 aliphatic rings. The first-order chi connectivity index (χ1) is 26.8. The first kappa shape index (κ1) is 35.9. The van der Waals surface area contributed by atoms with E-state index < -0.39 is 29.8 Å². The first-order valence-corrected chi connectivity index (χ1v) is 20.3. The third-order valence-corrected chi connectivity index (χ3v) is 12.8. The van der Waals surface area contributed by atoms with Gasteiger partial charge in [-0.25, -0.2) is 0 Å². The molecule has 5 N–H and O–H groups in total. The molecule has 1 spiro atoms. The van der Waals surface area contributed by atoms with Gasteiger partial charge >= 0.3 is 0 Å². The molecule has 2 aromatic carbocycles. The Morgan fingerprint density at radius 2 is 2.00 bits per heavy atom. The third-order valence-electron chi connectivity index (χ3n) is 12.8. The number of nitrogens with zero attached hydrogens (tertiary/aromatic N) is 2. The maximum absolute atomic E-state index is 12.9. The topological polar surface area (TPSA) is 130 Å². The molecule has 0 aromatic heterocycles. The number of carbonyl (C=O) groups excluding carboxylic acids is 1. The molecular weight excluding hydrogens is 689 g/mol. The molecular formula is C46H50N4O5. The first-order valence-electron chi connectivity index (χ1n) is 20.3. The van der Waals surface area contributed by atoms with Crippen molar-refractivity contribution in [2.75, 3.05) is 6.54 Å². The molecule has 0 amide bonds. The van der Waals surface area contributed by atoms with Gasteiger partial charge in [0.25, 0.3) is 0 Å². The summed E-state index contributed by atoms with van der Waals surface area (Å²) < 4.78 is 13.3. The lowest BCUT2D eigenvalue weighted by atomic mass is 9.70. The number of aliphatic imine (C=N–C) groups is 1. The summed E-state index contributed by atoms with van der Waals surface area (Å²) in [7, 11) is 0. The monoisotopic (exact) mass is 738 g/mol. The Labute approximate surface area is 323 Å². The number of rotatable bonds is 9. The van der Waals surface area contributed by atoms with Crippen molar-refractivity contribution in [3.63, 3.8) is 0 Å². The van der Waals surface area contributed by atoms with Gasteiger partial charge < -0.3 is 35.6 Å². The normalized spacial score (nSPS) is 26.6. The molecule has 1 fully saturated rings. The van der Waals surface area contributed by atoms with Crippen LogP contribution in [0.3, 0.4) is 0 Å². The minimum atomic E-state index is -1.03. The van der Waals surface area contributed by atoms with Crippen LogP contribution in [-0.2, 0) is 11.2 Å². The highest BCUT2D eigenvalue weighted by atomic mass is 16.5. The predicted octanol–water partition coefficient (Wildman–Crippen LogP) is 6.82. The number of aryl methyl sites for hydroxylation is 1. The van der Waals surface area contributed by atoms with Gasteiger partial charge in [-0.05, 0) is 89.6 Å². The zero-order valence-electron chi connectivity index (χ0n) is 31.6. The van der Waals surface area contributed by atoms with E-state index in [1.165, 1.54) is 5.57 Å². The maximum Gasteiger partial charge on any atom is 0.187 e. The van der Waals surface area contributed by atoms with Crippen molar-refractivity contribution in [3.05, 3.63) is 87.9 Å². The van der Waals surface area contributed by atoms with Gasteiger partial charge in [-0.3, -0.25) is 9.79 Å². The third kappa shape index (κ3) is 6.57. The molecule has 5 heterocycles. The number of allylic oxidation sites excluding steroid dienone is 2. The van der Waals surface area contributed by atoms with Gasteiger partial charge in [0.05, 0.1) is 29.7 Å². The lowest BCUT2D eigenvalue weighted by Crippen LogP contribution is -2.47. The minimum absolute atomic E-state index is 0.0249. The molecule has 2 aliphatic carbocycles. The predicted molar refractivity (Wildman–Crippen MR) is 211 cm³/mol. The van der Waals surface area contributed by atoms with Crippen molar-refractivity contribution in [1.82, 2.24) is 10.2 Å². The summed E-state index contributed by atoms with van der Waals surface area (Å²) in [6.07, 6.45) is 17.1. The Balaban J connectivity index is 1.10. The van der Waals surface area contributed by atoms with E-state index in [2.05, 4.69) is 47.2 Å². The van der Waals surface area contributed by atoms with Crippen LogP contribution < -0.4 is 20.5 Å². The fourth-order valence-corrected chi connectivity index (χ4v) is 9.90. The average Bonchev–Trinajstić information content (AvgIpc) is 3.93. The standard InChI is InChI=1S/C46H50N4O5/c1-2-3-4-7-30(51)23-31(52)11-8-28-9-17-40-41(22-28)55-45-37(46(20-21-54-40)18-5-6-19-46)15-16-39(53)33-13-14-34-42-29(24-49-44(34)47)10-12-32(43(33)42)35-25-48-38-27-50(45)26-36(35)38/h9,13-14,17,22,24-26,30,32,37,39,44-45,49,51,53H,2-8,10-12,18-19,23,27,47H2,1H3. The van der Waals surface area contributed by atoms with E-state index in [0.29, 0.717) is 37.3 Å². The summed E-state index contributed by atoms with van der Waals surface area (Å²) in [6.45, 7) is 2.69. The number of hydrogen-bond donors (Lipinski definition) is 4. The Bertz CT molecular complexity index is 2150. The summed E-state index contributed by atoms with van der Waals surface area (Å²) in [4.78, 5) is 20.1. The highest BCUT2D eigenvalue weighted by molar-refractivity contribution is 6.10. The van der Waals surface area contributed by atoms with E-state index in [9.17, 15) is 15.0 Å². The minimum Gasteiger partial charge on any atom is -0.465 e. The van der Waals surface area contributed by atoms with Gasteiger partial charge in [0.2, 0.25) is 0 Å². The molecule has 9 rings (SSSR count).